The van der Waals surface area contributed by atoms with Gasteiger partial charge in [0.2, 0.25) is 0 Å². The lowest BCUT2D eigenvalue weighted by Gasteiger charge is -2.31. The summed E-state index contributed by atoms with van der Waals surface area (Å²) >= 11 is 0. The molecule has 0 saturated heterocycles. The maximum absolute atomic E-state index is 10.5. The van der Waals surface area contributed by atoms with Crippen molar-refractivity contribution in [2.24, 2.45) is 5.92 Å². The second kappa shape index (κ2) is 2.66. The Morgan fingerprint density at radius 1 is 1.58 bits per heavy atom. The Kier molecular flexibility index (Phi) is 1.64. The van der Waals surface area contributed by atoms with Crippen molar-refractivity contribution in [1.82, 2.24) is 4.98 Å². The summed E-state index contributed by atoms with van der Waals surface area (Å²) in [4.78, 5) is 13.6. The first-order valence-corrected chi connectivity index (χ1v) is 4.13. The molecule has 0 atom stereocenters. The number of aromatic amines is 1. The lowest BCUT2D eigenvalue weighted by atomic mass is 9.73. The second-order valence-electron chi connectivity index (χ2n) is 3.33. The number of hydrogen-bond donors (Lipinski definition) is 2. The van der Waals surface area contributed by atoms with Crippen LogP contribution >= 0.6 is 0 Å². The van der Waals surface area contributed by atoms with E-state index in [4.69, 9.17) is 5.11 Å². The van der Waals surface area contributed by atoms with Crippen molar-refractivity contribution in [2.75, 3.05) is 0 Å². The van der Waals surface area contributed by atoms with Crippen molar-refractivity contribution in [3.63, 3.8) is 0 Å². The van der Waals surface area contributed by atoms with Crippen molar-refractivity contribution in [3.8, 4) is 0 Å². The van der Waals surface area contributed by atoms with Gasteiger partial charge in [-0.25, -0.2) is 0 Å². The minimum Gasteiger partial charge on any atom is -0.481 e. The number of hydrogen-bond acceptors (Lipinski definition) is 1. The third-order valence-electron chi connectivity index (χ3n) is 2.55. The van der Waals surface area contributed by atoms with E-state index >= 15 is 0 Å². The van der Waals surface area contributed by atoms with Crippen molar-refractivity contribution in [1.29, 1.82) is 0 Å². The summed E-state index contributed by atoms with van der Waals surface area (Å²) in [6.45, 7) is 0. The van der Waals surface area contributed by atoms with Gasteiger partial charge in [-0.05, 0) is 25.0 Å². The van der Waals surface area contributed by atoms with Gasteiger partial charge < -0.3 is 10.1 Å². The van der Waals surface area contributed by atoms with Crippen LogP contribution in [0.4, 0.5) is 0 Å². The predicted molar refractivity (Wildman–Crippen MR) is 43.9 cm³/mol. The first kappa shape index (κ1) is 7.40. The predicted octanol–water partition coefficient (Wildman–Crippen LogP) is 1.59. The molecule has 1 aromatic rings. The average molecular weight is 165 g/mol. The number of H-pyrrole nitrogens is 1. The molecule has 0 bridgehead atoms. The molecule has 1 saturated carbocycles. The molecule has 0 spiro atoms. The molecule has 1 aromatic heterocycles. The van der Waals surface area contributed by atoms with Crippen LogP contribution in [0.15, 0.2) is 18.3 Å². The summed E-state index contributed by atoms with van der Waals surface area (Å²) in [7, 11) is 0. The number of carbonyl (C=O) groups is 1. The SMILES string of the molecule is O=C(O)C1CC(c2ccc[nH]2)C1. The van der Waals surface area contributed by atoms with Crippen LogP contribution in [0.2, 0.25) is 0 Å². The standard InChI is InChI=1S/C9H11NO2/c11-9(12)7-4-6(5-7)8-2-1-3-10-8/h1-3,6-7,10H,4-5H2,(H,11,12). The van der Waals surface area contributed by atoms with Gasteiger partial charge in [-0.3, -0.25) is 4.79 Å². The lowest BCUT2D eigenvalue weighted by molar-refractivity contribution is -0.145. The zero-order valence-corrected chi connectivity index (χ0v) is 6.66. The van der Waals surface area contributed by atoms with Crippen molar-refractivity contribution >= 4 is 5.97 Å². The van der Waals surface area contributed by atoms with Gasteiger partial charge in [0.05, 0.1) is 5.92 Å². The fraction of sp³-hybridized carbons (Fsp3) is 0.444. The zero-order valence-electron chi connectivity index (χ0n) is 6.66. The first-order valence-electron chi connectivity index (χ1n) is 4.13. The van der Waals surface area contributed by atoms with Crippen LogP contribution in [0.25, 0.3) is 0 Å². The van der Waals surface area contributed by atoms with Crippen LogP contribution in [0.3, 0.4) is 0 Å². The van der Waals surface area contributed by atoms with Crippen LogP contribution in [0.5, 0.6) is 0 Å². The Labute approximate surface area is 70.4 Å². The molecule has 12 heavy (non-hydrogen) atoms. The molecule has 3 nitrogen and oxygen atoms in total. The van der Waals surface area contributed by atoms with E-state index in [-0.39, 0.29) is 5.92 Å². The molecule has 1 aliphatic rings. The van der Waals surface area contributed by atoms with Crippen molar-refractivity contribution in [2.45, 2.75) is 18.8 Å². The van der Waals surface area contributed by atoms with Crippen LogP contribution in [0.1, 0.15) is 24.5 Å². The van der Waals surface area contributed by atoms with Gasteiger partial charge >= 0.3 is 5.97 Å². The third kappa shape index (κ3) is 1.11. The highest BCUT2D eigenvalue weighted by Crippen LogP contribution is 2.40. The molecule has 0 aliphatic heterocycles. The number of carboxylic acids is 1. The Morgan fingerprint density at radius 2 is 2.33 bits per heavy atom. The molecule has 64 valence electrons. The minimum atomic E-state index is -0.655. The summed E-state index contributed by atoms with van der Waals surface area (Å²) in [5, 5.41) is 8.64. The highest BCUT2D eigenvalue weighted by molar-refractivity contribution is 5.71. The Hall–Kier alpha value is -1.25. The van der Waals surface area contributed by atoms with E-state index in [1.807, 2.05) is 18.3 Å². The lowest BCUT2D eigenvalue weighted by Crippen LogP contribution is -2.28. The molecular weight excluding hydrogens is 154 g/mol. The highest BCUT2D eigenvalue weighted by atomic mass is 16.4. The molecule has 1 heterocycles. The number of aromatic nitrogens is 1. The Morgan fingerprint density at radius 3 is 2.83 bits per heavy atom. The van der Waals surface area contributed by atoms with Gasteiger partial charge in [-0.2, -0.15) is 0 Å². The average Bonchev–Trinajstić information content (AvgIpc) is 2.34. The third-order valence-corrected chi connectivity index (χ3v) is 2.55. The zero-order chi connectivity index (χ0) is 8.55. The van der Waals surface area contributed by atoms with E-state index < -0.39 is 5.97 Å². The maximum Gasteiger partial charge on any atom is 0.306 e. The first-order chi connectivity index (χ1) is 5.77. The molecule has 1 fully saturated rings. The van der Waals surface area contributed by atoms with E-state index in [1.165, 1.54) is 5.69 Å². The molecule has 2 N–H and O–H groups in total. The van der Waals surface area contributed by atoms with Gasteiger partial charge in [0.1, 0.15) is 0 Å². The number of nitrogens with one attached hydrogen (secondary N) is 1. The van der Waals surface area contributed by atoms with Gasteiger partial charge in [0.25, 0.3) is 0 Å². The maximum atomic E-state index is 10.5. The summed E-state index contributed by atoms with van der Waals surface area (Å²) in [5.74, 6) is -0.322. The number of carboxylic acid groups (broad SMARTS) is 1. The highest BCUT2D eigenvalue weighted by Gasteiger charge is 2.35. The van der Waals surface area contributed by atoms with E-state index in [0.29, 0.717) is 5.92 Å². The molecule has 0 radical (unpaired) electrons. The van der Waals surface area contributed by atoms with Crippen LogP contribution in [0, 0.1) is 5.92 Å². The number of aliphatic carboxylic acids is 1. The molecular formula is C9H11NO2. The molecule has 0 unspecified atom stereocenters. The number of rotatable bonds is 2. The minimum absolute atomic E-state index is 0.113. The van der Waals surface area contributed by atoms with Gasteiger partial charge in [0, 0.05) is 17.8 Å². The summed E-state index contributed by atoms with van der Waals surface area (Å²) in [5.41, 5.74) is 1.17. The molecule has 1 aliphatic carbocycles. The normalized spacial score (nSPS) is 28.0. The quantitative estimate of drug-likeness (QED) is 0.699. The Bertz CT molecular complexity index is 273. The van der Waals surface area contributed by atoms with E-state index in [1.54, 1.807) is 0 Å². The molecule has 2 rings (SSSR count). The molecule has 0 aromatic carbocycles. The van der Waals surface area contributed by atoms with Gasteiger partial charge in [-0.1, -0.05) is 0 Å². The van der Waals surface area contributed by atoms with Crippen LogP contribution < -0.4 is 0 Å². The fourth-order valence-electron chi connectivity index (χ4n) is 1.67. The second-order valence-corrected chi connectivity index (χ2v) is 3.33. The molecule has 0 amide bonds. The van der Waals surface area contributed by atoms with Crippen LogP contribution in [-0.4, -0.2) is 16.1 Å². The van der Waals surface area contributed by atoms with Gasteiger partial charge in [0.15, 0.2) is 0 Å². The summed E-state index contributed by atoms with van der Waals surface area (Å²) < 4.78 is 0. The van der Waals surface area contributed by atoms with Crippen molar-refractivity contribution in [3.05, 3.63) is 24.0 Å². The smallest absolute Gasteiger partial charge is 0.306 e. The van der Waals surface area contributed by atoms with E-state index in [0.717, 1.165) is 12.8 Å². The van der Waals surface area contributed by atoms with Gasteiger partial charge in [-0.15, -0.1) is 0 Å². The fourth-order valence-corrected chi connectivity index (χ4v) is 1.67. The van der Waals surface area contributed by atoms with Crippen molar-refractivity contribution < 1.29 is 9.90 Å². The topological polar surface area (TPSA) is 53.1 Å². The largest absolute Gasteiger partial charge is 0.481 e. The summed E-state index contributed by atoms with van der Waals surface area (Å²) in [6.07, 6.45) is 3.45. The Balaban J connectivity index is 1.94. The molecule has 3 heteroatoms. The summed E-state index contributed by atoms with van der Waals surface area (Å²) in [6, 6.07) is 3.96. The van der Waals surface area contributed by atoms with Crippen LogP contribution in [-0.2, 0) is 4.79 Å². The van der Waals surface area contributed by atoms with E-state index in [2.05, 4.69) is 4.98 Å². The van der Waals surface area contributed by atoms with E-state index in [9.17, 15) is 4.79 Å². The monoisotopic (exact) mass is 165 g/mol.